The fourth-order valence-corrected chi connectivity index (χ4v) is 5.48. The number of benzene rings is 2. The molecule has 1 aliphatic rings. The zero-order chi connectivity index (χ0) is 23.8. The highest BCUT2D eigenvalue weighted by Gasteiger charge is 2.36. The topological polar surface area (TPSA) is 59.3 Å². The molecule has 0 saturated heterocycles. The largest absolute Gasteiger partial charge is 0.481 e. The summed E-state index contributed by atoms with van der Waals surface area (Å²) in [7, 11) is 0. The van der Waals surface area contributed by atoms with Gasteiger partial charge in [-0.3, -0.25) is 9.59 Å². The van der Waals surface area contributed by atoms with Crippen LogP contribution in [0.2, 0.25) is 5.02 Å². The molecule has 1 aliphatic heterocycles. The summed E-state index contributed by atoms with van der Waals surface area (Å²) < 4.78 is 2.32. The monoisotopic (exact) mass is 481 g/mol. The number of nitrogens with zero attached hydrogens (tertiary/aromatic N) is 1. The number of fused-ring (bicyclic) bond motifs is 1. The van der Waals surface area contributed by atoms with Gasteiger partial charge in [-0.25, -0.2) is 0 Å². The summed E-state index contributed by atoms with van der Waals surface area (Å²) in [5, 5.41) is 9.83. The predicted octanol–water partition coefficient (Wildman–Crippen LogP) is 6.58. The second-order valence-corrected chi connectivity index (χ2v) is 11.1. The van der Waals surface area contributed by atoms with E-state index in [-0.39, 0.29) is 22.7 Å². The van der Waals surface area contributed by atoms with Crippen LogP contribution in [0.3, 0.4) is 0 Å². The van der Waals surface area contributed by atoms with Gasteiger partial charge in [-0.2, -0.15) is 0 Å². The van der Waals surface area contributed by atoms with Gasteiger partial charge in [0.25, 0.3) is 0 Å². The van der Waals surface area contributed by atoms with Crippen molar-refractivity contribution in [1.29, 1.82) is 0 Å². The molecule has 4 nitrogen and oxygen atoms in total. The highest BCUT2D eigenvalue weighted by atomic mass is 35.5. The second-order valence-electron chi connectivity index (χ2n) is 9.54. The third kappa shape index (κ3) is 5.04. The molecule has 6 heteroatoms. The number of carboxylic acid groups (broad SMARTS) is 1. The van der Waals surface area contributed by atoms with E-state index in [4.69, 9.17) is 11.6 Å². The molecule has 3 aromatic rings. The normalized spacial score (nSPS) is 15.3. The fourth-order valence-electron chi connectivity index (χ4n) is 4.54. The van der Waals surface area contributed by atoms with Crippen LogP contribution in [0.4, 0.5) is 0 Å². The maximum absolute atomic E-state index is 13.0. The number of carbonyl (C=O) groups excluding carboxylic acids is 1. The van der Waals surface area contributed by atoms with Crippen LogP contribution in [0.15, 0.2) is 54.6 Å². The van der Waals surface area contributed by atoms with Crippen molar-refractivity contribution in [2.45, 2.75) is 40.2 Å². The SMILES string of the molecule is C[C@H](CSC(=O)Cc1c(-c2ccc(Cl)cc2)c(-c2ccccc2)c2n1CC(C)(C)C2)C(=O)O. The van der Waals surface area contributed by atoms with Crippen molar-refractivity contribution in [3.63, 3.8) is 0 Å². The third-order valence-corrected chi connectivity index (χ3v) is 7.52. The second kappa shape index (κ2) is 9.40. The third-order valence-electron chi connectivity index (χ3n) is 6.13. The van der Waals surface area contributed by atoms with E-state index >= 15 is 0 Å². The van der Waals surface area contributed by atoms with Crippen molar-refractivity contribution >= 4 is 34.4 Å². The van der Waals surface area contributed by atoms with Crippen LogP contribution in [-0.2, 0) is 29.0 Å². The molecule has 0 bridgehead atoms. The molecule has 1 N–H and O–H groups in total. The summed E-state index contributed by atoms with van der Waals surface area (Å²) in [6.07, 6.45) is 1.18. The van der Waals surface area contributed by atoms with Crippen LogP contribution in [0.25, 0.3) is 22.3 Å². The number of aliphatic carboxylic acids is 1. The molecule has 0 unspecified atom stereocenters. The Morgan fingerprint density at radius 2 is 1.70 bits per heavy atom. The molecule has 4 rings (SSSR count). The maximum atomic E-state index is 13.0. The zero-order valence-corrected chi connectivity index (χ0v) is 20.7. The minimum Gasteiger partial charge on any atom is -0.481 e. The number of thioether (sulfide) groups is 1. The van der Waals surface area contributed by atoms with Crippen molar-refractivity contribution in [1.82, 2.24) is 4.57 Å². The Morgan fingerprint density at radius 3 is 2.33 bits per heavy atom. The molecule has 0 spiro atoms. The molecule has 2 aromatic carbocycles. The molecule has 33 heavy (non-hydrogen) atoms. The Hall–Kier alpha value is -2.50. The molecule has 172 valence electrons. The summed E-state index contributed by atoms with van der Waals surface area (Å²) in [4.78, 5) is 24.2. The number of hydrogen-bond acceptors (Lipinski definition) is 3. The lowest BCUT2D eigenvalue weighted by Gasteiger charge is -2.19. The highest BCUT2D eigenvalue weighted by Crippen LogP contribution is 2.47. The molecule has 2 heterocycles. The van der Waals surface area contributed by atoms with Gasteiger partial charge in [0.15, 0.2) is 5.12 Å². The maximum Gasteiger partial charge on any atom is 0.307 e. The Kier molecular flexibility index (Phi) is 6.73. The van der Waals surface area contributed by atoms with E-state index in [2.05, 4.69) is 30.5 Å². The van der Waals surface area contributed by atoms with E-state index < -0.39 is 11.9 Å². The number of carboxylic acids is 1. The first-order valence-electron chi connectivity index (χ1n) is 11.1. The van der Waals surface area contributed by atoms with Crippen molar-refractivity contribution < 1.29 is 14.7 Å². The summed E-state index contributed by atoms with van der Waals surface area (Å²) >= 11 is 7.29. The molecule has 0 saturated carbocycles. The van der Waals surface area contributed by atoms with Crippen molar-refractivity contribution in [2.75, 3.05) is 5.75 Å². The van der Waals surface area contributed by atoms with Gasteiger partial charge in [0, 0.05) is 39.8 Å². The summed E-state index contributed by atoms with van der Waals surface area (Å²) in [6.45, 7) is 6.98. The molecule has 0 aliphatic carbocycles. The van der Waals surface area contributed by atoms with E-state index in [0.717, 1.165) is 47.1 Å². The lowest BCUT2D eigenvalue weighted by atomic mass is 9.86. The van der Waals surface area contributed by atoms with E-state index in [0.29, 0.717) is 5.02 Å². The first-order valence-corrected chi connectivity index (χ1v) is 12.5. The van der Waals surface area contributed by atoms with E-state index in [9.17, 15) is 14.7 Å². The Bertz CT molecular complexity index is 1180. The predicted molar refractivity (Wildman–Crippen MR) is 136 cm³/mol. The fraction of sp³-hybridized carbons (Fsp3) is 0.333. The quantitative estimate of drug-likeness (QED) is 0.414. The van der Waals surface area contributed by atoms with Gasteiger partial charge in [0.2, 0.25) is 0 Å². The van der Waals surface area contributed by atoms with Gasteiger partial charge in [-0.15, -0.1) is 0 Å². The molecule has 1 aromatic heterocycles. The Labute approximate surface area is 204 Å². The van der Waals surface area contributed by atoms with E-state index in [1.807, 2.05) is 42.5 Å². The van der Waals surface area contributed by atoms with Crippen LogP contribution in [0.5, 0.6) is 0 Å². The van der Waals surface area contributed by atoms with Gasteiger partial charge in [-0.1, -0.05) is 86.6 Å². The van der Waals surface area contributed by atoms with E-state index in [1.165, 1.54) is 11.3 Å². The number of hydrogen-bond donors (Lipinski definition) is 1. The average molecular weight is 482 g/mol. The van der Waals surface area contributed by atoms with E-state index in [1.54, 1.807) is 6.92 Å². The smallest absolute Gasteiger partial charge is 0.307 e. The molecular formula is C27H28ClNO3S. The minimum atomic E-state index is -0.881. The first kappa shape index (κ1) is 23.7. The molecule has 0 fully saturated rings. The average Bonchev–Trinajstić information content (AvgIpc) is 3.23. The zero-order valence-electron chi connectivity index (χ0n) is 19.1. The Balaban J connectivity index is 1.83. The molecule has 0 amide bonds. The van der Waals surface area contributed by atoms with Gasteiger partial charge in [-0.05, 0) is 35.1 Å². The number of halogens is 1. The number of aromatic nitrogens is 1. The molecular weight excluding hydrogens is 454 g/mol. The Morgan fingerprint density at radius 1 is 1.06 bits per heavy atom. The first-order chi connectivity index (χ1) is 15.7. The van der Waals surface area contributed by atoms with Crippen LogP contribution >= 0.6 is 23.4 Å². The molecule has 0 radical (unpaired) electrons. The minimum absolute atomic E-state index is 0.0112. The number of rotatable bonds is 7. The van der Waals surface area contributed by atoms with Crippen molar-refractivity contribution in [3.05, 3.63) is 71.0 Å². The van der Waals surface area contributed by atoms with Gasteiger partial charge >= 0.3 is 5.97 Å². The van der Waals surface area contributed by atoms with Crippen LogP contribution in [-0.4, -0.2) is 26.5 Å². The van der Waals surface area contributed by atoms with Gasteiger partial charge < -0.3 is 9.67 Å². The summed E-state index contributed by atoms with van der Waals surface area (Å²) in [5.74, 6) is -1.17. The summed E-state index contributed by atoms with van der Waals surface area (Å²) in [5.41, 5.74) is 6.76. The van der Waals surface area contributed by atoms with Crippen molar-refractivity contribution in [2.24, 2.45) is 11.3 Å². The van der Waals surface area contributed by atoms with Gasteiger partial charge in [0.1, 0.15) is 0 Å². The number of carbonyl (C=O) groups is 2. The van der Waals surface area contributed by atoms with Crippen LogP contribution < -0.4 is 0 Å². The molecule has 1 atom stereocenters. The lowest BCUT2D eigenvalue weighted by molar-refractivity contribution is -0.140. The highest BCUT2D eigenvalue weighted by molar-refractivity contribution is 8.13. The van der Waals surface area contributed by atoms with Crippen LogP contribution in [0.1, 0.15) is 32.2 Å². The summed E-state index contributed by atoms with van der Waals surface area (Å²) in [6, 6.07) is 18.1. The van der Waals surface area contributed by atoms with Crippen LogP contribution in [0, 0.1) is 11.3 Å². The van der Waals surface area contributed by atoms with Gasteiger partial charge in [0.05, 0.1) is 12.3 Å². The standard InChI is InChI=1S/C27H28ClNO3S/c1-17(26(31)32)15-33-23(30)13-21-24(19-9-11-20(28)12-10-19)25(18-7-5-4-6-8-18)22-14-27(2,3)16-29(21)22/h4-12,17H,13-16H2,1-3H3,(H,31,32)/t17-/m1/s1. The lowest BCUT2D eigenvalue weighted by Crippen LogP contribution is -2.16. The van der Waals surface area contributed by atoms with Crippen molar-refractivity contribution in [3.8, 4) is 22.3 Å².